The van der Waals surface area contributed by atoms with Gasteiger partial charge in [-0.15, -0.1) is 16.4 Å². The molecular weight excluding hydrogens is 424 g/mol. The van der Waals surface area contributed by atoms with Gasteiger partial charge in [-0.05, 0) is 57.2 Å². The number of hydrogen-bond donors (Lipinski definition) is 2. The molecule has 32 heavy (non-hydrogen) atoms. The molecule has 0 saturated carbocycles. The van der Waals surface area contributed by atoms with E-state index in [1.54, 1.807) is 22.0 Å². The first-order valence-electron chi connectivity index (χ1n) is 10.6. The number of unbranched alkanes of at least 4 members (excludes halogenated alkanes) is 1. The van der Waals surface area contributed by atoms with E-state index in [-0.39, 0.29) is 11.9 Å². The molecule has 0 radical (unpaired) electrons. The van der Waals surface area contributed by atoms with E-state index in [1.165, 1.54) is 0 Å². The number of aromatic nitrogens is 6. The molecule has 0 atom stereocenters. The number of nitrogens with zero attached hydrogens (tertiary/aromatic N) is 6. The molecule has 0 aliphatic heterocycles. The van der Waals surface area contributed by atoms with Crippen molar-refractivity contribution in [1.82, 2.24) is 34.9 Å². The Kier molecular flexibility index (Phi) is 6.69. The smallest absolute Gasteiger partial charge is 0.254 e. The van der Waals surface area contributed by atoms with Crippen molar-refractivity contribution in [3.63, 3.8) is 0 Å². The van der Waals surface area contributed by atoms with Crippen LogP contribution in [0.2, 0.25) is 0 Å². The molecule has 4 aromatic rings. The third-order valence-corrected chi connectivity index (χ3v) is 6.19. The minimum Gasteiger partial charge on any atom is -0.366 e. The molecule has 0 unspecified atom stereocenters. The minimum atomic E-state index is 0.0358. The highest BCUT2D eigenvalue weighted by Gasteiger charge is 2.14. The number of carbonyl (C=O) groups is 1. The van der Waals surface area contributed by atoms with Crippen LogP contribution in [0.25, 0.3) is 17.2 Å². The van der Waals surface area contributed by atoms with Gasteiger partial charge >= 0.3 is 0 Å². The zero-order valence-electron chi connectivity index (χ0n) is 18.2. The average Bonchev–Trinajstić information content (AvgIpc) is 3.40. The second-order valence-corrected chi connectivity index (χ2v) is 8.53. The number of rotatable bonds is 9. The summed E-state index contributed by atoms with van der Waals surface area (Å²) in [5.41, 5.74) is 10.3. The zero-order valence-corrected chi connectivity index (χ0v) is 19.0. The SMILES string of the molecule is Cc1nc2nc(N)nn2c(C)c1CCC(=O)NCCCCc1nc(-c2ccccn2)cs1. The highest BCUT2D eigenvalue weighted by atomic mass is 32.1. The maximum absolute atomic E-state index is 12.3. The maximum Gasteiger partial charge on any atom is 0.254 e. The number of anilines is 1. The first kappa shape index (κ1) is 21.8. The highest BCUT2D eigenvalue weighted by molar-refractivity contribution is 7.09. The number of carbonyl (C=O) groups excluding carboxylic acids is 1. The molecular formula is C22H26N8OS. The Morgan fingerprint density at radius 3 is 2.81 bits per heavy atom. The van der Waals surface area contributed by atoms with E-state index < -0.39 is 0 Å². The summed E-state index contributed by atoms with van der Waals surface area (Å²) in [6, 6.07) is 5.83. The summed E-state index contributed by atoms with van der Waals surface area (Å²) in [6.45, 7) is 4.52. The van der Waals surface area contributed by atoms with Crippen molar-refractivity contribution in [2.24, 2.45) is 0 Å². The minimum absolute atomic E-state index is 0.0358. The van der Waals surface area contributed by atoms with Crippen LogP contribution in [-0.4, -0.2) is 42.0 Å². The molecule has 4 heterocycles. The molecule has 0 aromatic carbocycles. The highest BCUT2D eigenvalue weighted by Crippen LogP contribution is 2.21. The number of nitrogens with one attached hydrogen (secondary N) is 1. The predicted molar refractivity (Wildman–Crippen MR) is 124 cm³/mol. The quantitative estimate of drug-likeness (QED) is 0.376. The van der Waals surface area contributed by atoms with Crippen LogP contribution in [-0.2, 0) is 17.6 Å². The van der Waals surface area contributed by atoms with E-state index in [0.717, 1.165) is 52.6 Å². The van der Waals surface area contributed by atoms with Gasteiger partial charge in [0.25, 0.3) is 5.78 Å². The van der Waals surface area contributed by atoms with Gasteiger partial charge in [-0.1, -0.05) is 6.07 Å². The molecule has 166 valence electrons. The summed E-state index contributed by atoms with van der Waals surface area (Å²) in [6.07, 6.45) is 5.56. The van der Waals surface area contributed by atoms with Crippen LogP contribution in [0, 0.1) is 13.8 Å². The lowest BCUT2D eigenvalue weighted by atomic mass is 10.1. The lowest BCUT2D eigenvalue weighted by Crippen LogP contribution is -2.25. The fraction of sp³-hybridized carbons (Fsp3) is 0.364. The molecule has 4 rings (SSSR count). The number of nitrogen functional groups attached to an aromatic ring is 1. The van der Waals surface area contributed by atoms with Gasteiger partial charge in [0.1, 0.15) is 0 Å². The number of aryl methyl sites for hydroxylation is 3. The van der Waals surface area contributed by atoms with Crippen LogP contribution in [0.4, 0.5) is 5.95 Å². The molecule has 10 heteroatoms. The van der Waals surface area contributed by atoms with Gasteiger partial charge in [0, 0.05) is 35.9 Å². The summed E-state index contributed by atoms with van der Waals surface area (Å²) in [5, 5.41) is 10.3. The van der Waals surface area contributed by atoms with E-state index in [9.17, 15) is 4.79 Å². The predicted octanol–water partition coefficient (Wildman–Crippen LogP) is 2.91. The molecule has 0 aliphatic carbocycles. The third-order valence-electron chi connectivity index (χ3n) is 5.29. The first-order valence-corrected chi connectivity index (χ1v) is 11.5. The summed E-state index contributed by atoms with van der Waals surface area (Å²) in [4.78, 5) is 29.8. The Balaban J connectivity index is 1.19. The van der Waals surface area contributed by atoms with Crippen LogP contribution >= 0.6 is 11.3 Å². The monoisotopic (exact) mass is 450 g/mol. The van der Waals surface area contributed by atoms with Gasteiger partial charge in [-0.3, -0.25) is 9.78 Å². The average molecular weight is 451 g/mol. The number of hydrogen-bond acceptors (Lipinski definition) is 8. The summed E-state index contributed by atoms with van der Waals surface area (Å²) >= 11 is 1.66. The van der Waals surface area contributed by atoms with E-state index >= 15 is 0 Å². The molecule has 0 bridgehead atoms. The Labute approximate surface area is 190 Å². The van der Waals surface area contributed by atoms with Gasteiger partial charge in [-0.2, -0.15) is 9.50 Å². The van der Waals surface area contributed by atoms with Gasteiger partial charge in [0.05, 0.1) is 16.4 Å². The number of nitrogens with two attached hydrogens (primary N) is 1. The number of pyridine rings is 1. The molecule has 0 aliphatic rings. The second-order valence-electron chi connectivity index (χ2n) is 7.59. The largest absolute Gasteiger partial charge is 0.366 e. The summed E-state index contributed by atoms with van der Waals surface area (Å²) in [5.74, 6) is 0.715. The fourth-order valence-corrected chi connectivity index (χ4v) is 4.43. The molecule has 0 spiro atoms. The van der Waals surface area contributed by atoms with Crippen molar-refractivity contribution in [3.8, 4) is 11.4 Å². The fourth-order valence-electron chi connectivity index (χ4n) is 3.60. The van der Waals surface area contributed by atoms with Crippen LogP contribution in [0.3, 0.4) is 0 Å². The molecule has 0 fully saturated rings. The Morgan fingerprint density at radius 2 is 2.00 bits per heavy atom. The van der Waals surface area contributed by atoms with Crippen molar-refractivity contribution in [2.75, 3.05) is 12.3 Å². The number of amides is 1. The Bertz CT molecular complexity index is 1220. The van der Waals surface area contributed by atoms with E-state index in [1.807, 2.05) is 37.4 Å². The van der Waals surface area contributed by atoms with Gasteiger partial charge in [-0.25, -0.2) is 9.97 Å². The standard InChI is InChI=1S/C22H26N8OS/c1-14-16(15(2)30-22(26-14)28-21(23)29-30)9-10-19(31)25-12-6-4-8-20-27-18(13-32-20)17-7-3-5-11-24-17/h3,5,7,11,13H,4,6,8-10,12H2,1-2H3,(H2,23,29)(H,25,31). The number of thiazole rings is 1. The van der Waals surface area contributed by atoms with Crippen molar-refractivity contribution < 1.29 is 4.79 Å². The van der Waals surface area contributed by atoms with Gasteiger partial charge < -0.3 is 11.1 Å². The van der Waals surface area contributed by atoms with Crippen LogP contribution in [0.15, 0.2) is 29.8 Å². The van der Waals surface area contributed by atoms with E-state index in [4.69, 9.17) is 5.73 Å². The van der Waals surface area contributed by atoms with E-state index in [0.29, 0.717) is 25.2 Å². The molecule has 1 amide bonds. The van der Waals surface area contributed by atoms with Crippen LogP contribution in [0.5, 0.6) is 0 Å². The lowest BCUT2D eigenvalue weighted by Gasteiger charge is -2.10. The van der Waals surface area contributed by atoms with Gasteiger partial charge in [0.15, 0.2) is 0 Å². The number of fused-ring (bicyclic) bond motifs is 1. The molecule has 0 saturated heterocycles. The Hall–Kier alpha value is -3.40. The van der Waals surface area contributed by atoms with Crippen LogP contribution < -0.4 is 11.1 Å². The Morgan fingerprint density at radius 1 is 1.12 bits per heavy atom. The summed E-state index contributed by atoms with van der Waals surface area (Å²) < 4.78 is 1.63. The lowest BCUT2D eigenvalue weighted by molar-refractivity contribution is -0.121. The molecule has 4 aromatic heterocycles. The molecule has 9 nitrogen and oxygen atoms in total. The van der Waals surface area contributed by atoms with Crippen molar-refractivity contribution in [2.45, 2.75) is 46.0 Å². The van der Waals surface area contributed by atoms with E-state index in [2.05, 4.69) is 30.4 Å². The van der Waals surface area contributed by atoms with Crippen molar-refractivity contribution >= 4 is 29.0 Å². The summed E-state index contributed by atoms with van der Waals surface area (Å²) in [7, 11) is 0. The zero-order chi connectivity index (χ0) is 22.5. The second kappa shape index (κ2) is 9.82. The molecule has 3 N–H and O–H groups in total. The normalized spacial score (nSPS) is 11.2. The van der Waals surface area contributed by atoms with Crippen molar-refractivity contribution in [3.05, 3.63) is 51.7 Å². The third kappa shape index (κ3) is 5.08. The van der Waals surface area contributed by atoms with Crippen LogP contribution in [0.1, 0.15) is 41.2 Å². The van der Waals surface area contributed by atoms with Crippen molar-refractivity contribution in [1.29, 1.82) is 0 Å². The topological polar surface area (TPSA) is 124 Å². The first-order chi connectivity index (χ1) is 15.5. The maximum atomic E-state index is 12.3. The van der Waals surface area contributed by atoms with Gasteiger partial charge in [0.2, 0.25) is 11.9 Å².